The summed E-state index contributed by atoms with van der Waals surface area (Å²) in [6, 6.07) is 6.55. The molecule has 7 heteroatoms. The lowest BCUT2D eigenvalue weighted by molar-refractivity contribution is 0.120. The molecular formula is C23H39N5O2. The first-order valence-corrected chi connectivity index (χ1v) is 11.3. The number of rotatable bonds is 8. The monoisotopic (exact) mass is 417 g/mol. The second kappa shape index (κ2) is 11.4. The van der Waals surface area contributed by atoms with Crippen molar-refractivity contribution in [3.8, 4) is 11.5 Å². The highest BCUT2D eigenvalue weighted by atomic mass is 16.5. The second-order valence-electron chi connectivity index (χ2n) is 8.47. The maximum Gasteiger partial charge on any atom is 0.191 e. The number of guanidine groups is 1. The average molecular weight is 418 g/mol. The number of methoxy groups -OCH3 is 1. The lowest BCUT2D eigenvalue weighted by Gasteiger charge is -2.36. The summed E-state index contributed by atoms with van der Waals surface area (Å²) >= 11 is 0. The molecule has 30 heavy (non-hydrogen) atoms. The van der Waals surface area contributed by atoms with Crippen LogP contribution in [0.1, 0.15) is 38.2 Å². The normalized spacial score (nSPS) is 20.2. The molecule has 1 aliphatic heterocycles. The molecule has 1 aromatic carbocycles. The number of nitrogens with one attached hydrogen (secondary N) is 2. The van der Waals surface area contributed by atoms with Crippen LogP contribution in [-0.4, -0.2) is 81.8 Å². The number of ether oxygens (including phenoxy) is 2. The van der Waals surface area contributed by atoms with Crippen LogP contribution in [0.15, 0.2) is 23.2 Å². The van der Waals surface area contributed by atoms with Gasteiger partial charge in [-0.3, -0.25) is 9.89 Å². The zero-order valence-corrected chi connectivity index (χ0v) is 19.1. The predicted octanol–water partition coefficient (Wildman–Crippen LogP) is 2.32. The number of aliphatic imine (C=N–C) groups is 1. The molecule has 7 nitrogen and oxygen atoms in total. The quantitative estimate of drug-likeness (QED) is 0.500. The van der Waals surface area contributed by atoms with Gasteiger partial charge in [-0.15, -0.1) is 0 Å². The van der Waals surface area contributed by atoms with Crippen LogP contribution in [0.25, 0.3) is 0 Å². The van der Waals surface area contributed by atoms with E-state index in [9.17, 15) is 0 Å². The van der Waals surface area contributed by atoms with Gasteiger partial charge in [0.1, 0.15) is 0 Å². The van der Waals surface area contributed by atoms with Gasteiger partial charge in [-0.1, -0.05) is 12.1 Å². The van der Waals surface area contributed by atoms with Gasteiger partial charge in [0, 0.05) is 57.9 Å². The van der Waals surface area contributed by atoms with E-state index in [1.807, 2.05) is 19.2 Å². The highest BCUT2D eigenvalue weighted by molar-refractivity contribution is 5.79. The summed E-state index contributed by atoms with van der Waals surface area (Å²) in [5.41, 5.74) is 1.09. The maximum atomic E-state index is 6.34. The van der Waals surface area contributed by atoms with Gasteiger partial charge in [0.2, 0.25) is 0 Å². The SMILES string of the molecule is CN=C(NCc1cccc(OC)c1OC1CCCC1)NCC(C)N1CCN(C)CC1. The molecule has 1 atom stereocenters. The Morgan fingerprint density at radius 2 is 1.90 bits per heavy atom. The Kier molecular flexibility index (Phi) is 8.63. The van der Waals surface area contributed by atoms with Crippen LogP contribution in [0.4, 0.5) is 0 Å². The van der Waals surface area contributed by atoms with Crippen LogP contribution in [0.5, 0.6) is 11.5 Å². The van der Waals surface area contributed by atoms with Crippen LogP contribution >= 0.6 is 0 Å². The Bertz CT molecular complexity index is 682. The molecule has 2 aliphatic rings. The van der Waals surface area contributed by atoms with Gasteiger partial charge in [-0.2, -0.15) is 0 Å². The van der Waals surface area contributed by atoms with E-state index in [1.165, 1.54) is 12.8 Å². The summed E-state index contributed by atoms with van der Waals surface area (Å²) in [6.07, 6.45) is 5.03. The standard InChI is InChI=1S/C23H39N5O2/c1-18(28-14-12-27(3)13-15-28)16-25-23(24-2)26-17-19-8-7-11-21(29-4)22(19)30-20-9-5-6-10-20/h7-8,11,18,20H,5-6,9-10,12-17H2,1-4H3,(H2,24,25,26). The van der Waals surface area contributed by atoms with Crippen molar-refractivity contribution in [2.24, 2.45) is 4.99 Å². The lowest BCUT2D eigenvalue weighted by Crippen LogP contribution is -2.52. The summed E-state index contributed by atoms with van der Waals surface area (Å²) in [4.78, 5) is 9.33. The molecule has 1 aromatic rings. The summed E-state index contributed by atoms with van der Waals surface area (Å²) in [5.74, 6) is 2.47. The Morgan fingerprint density at radius 3 is 2.57 bits per heavy atom. The van der Waals surface area contributed by atoms with E-state index in [0.29, 0.717) is 18.7 Å². The third kappa shape index (κ3) is 6.25. The minimum Gasteiger partial charge on any atom is -0.493 e. The van der Waals surface area contributed by atoms with Crippen LogP contribution in [0, 0.1) is 0 Å². The molecule has 168 valence electrons. The number of hydrogen-bond acceptors (Lipinski definition) is 5. The van der Waals surface area contributed by atoms with Gasteiger partial charge in [0.25, 0.3) is 0 Å². The molecule has 0 radical (unpaired) electrons. The molecule has 1 saturated heterocycles. The molecule has 1 heterocycles. The first-order valence-electron chi connectivity index (χ1n) is 11.3. The third-order valence-corrected chi connectivity index (χ3v) is 6.26. The zero-order chi connectivity index (χ0) is 21.3. The molecule has 2 fully saturated rings. The molecule has 0 spiro atoms. The minimum atomic E-state index is 0.293. The first-order chi connectivity index (χ1) is 14.6. The molecular weight excluding hydrogens is 378 g/mol. The van der Waals surface area contributed by atoms with E-state index < -0.39 is 0 Å². The van der Waals surface area contributed by atoms with Crippen molar-refractivity contribution in [1.82, 2.24) is 20.4 Å². The number of benzene rings is 1. The summed E-state index contributed by atoms with van der Waals surface area (Å²) in [7, 11) is 5.71. The van der Waals surface area contributed by atoms with Gasteiger partial charge >= 0.3 is 0 Å². The zero-order valence-electron chi connectivity index (χ0n) is 19.1. The summed E-state index contributed by atoms with van der Waals surface area (Å²) in [5, 5.41) is 6.92. The van der Waals surface area contributed by atoms with Crippen molar-refractivity contribution in [3.63, 3.8) is 0 Å². The Hall–Kier alpha value is -1.99. The fourth-order valence-electron chi connectivity index (χ4n) is 4.20. The highest BCUT2D eigenvalue weighted by Crippen LogP contribution is 2.34. The van der Waals surface area contributed by atoms with Crippen LogP contribution in [0.2, 0.25) is 0 Å². The van der Waals surface area contributed by atoms with Crippen molar-refractivity contribution in [1.29, 1.82) is 0 Å². The molecule has 0 bridgehead atoms. The Morgan fingerprint density at radius 1 is 1.17 bits per heavy atom. The fraction of sp³-hybridized carbons (Fsp3) is 0.696. The molecule has 3 rings (SSSR count). The molecule has 1 aliphatic carbocycles. The van der Waals surface area contributed by atoms with Crippen LogP contribution < -0.4 is 20.1 Å². The number of nitrogens with zero attached hydrogens (tertiary/aromatic N) is 3. The highest BCUT2D eigenvalue weighted by Gasteiger charge is 2.21. The number of para-hydroxylation sites is 1. The number of hydrogen-bond donors (Lipinski definition) is 2. The average Bonchev–Trinajstić information content (AvgIpc) is 3.28. The van der Waals surface area contributed by atoms with Gasteiger partial charge in [0.05, 0.1) is 13.2 Å². The molecule has 0 aromatic heterocycles. The molecule has 2 N–H and O–H groups in total. The Labute approximate surface area is 181 Å². The third-order valence-electron chi connectivity index (χ3n) is 6.26. The molecule has 1 unspecified atom stereocenters. The van der Waals surface area contributed by atoms with Gasteiger partial charge in [0.15, 0.2) is 17.5 Å². The topological polar surface area (TPSA) is 61.4 Å². The number of piperazine rings is 1. The minimum absolute atomic E-state index is 0.293. The maximum absolute atomic E-state index is 6.34. The fourth-order valence-corrected chi connectivity index (χ4v) is 4.20. The number of likely N-dealkylation sites (N-methyl/N-ethyl adjacent to an activating group) is 1. The molecule has 0 amide bonds. The van der Waals surface area contributed by atoms with Crippen molar-refractivity contribution in [3.05, 3.63) is 23.8 Å². The smallest absolute Gasteiger partial charge is 0.191 e. The van der Waals surface area contributed by atoms with E-state index in [1.54, 1.807) is 7.11 Å². The molecule has 1 saturated carbocycles. The van der Waals surface area contributed by atoms with Crippen molar-refractivity contribution in [2.75, 3.05) is 53.9 Å². The van der Waals surface area contributed by atoms with E-state index >= 15 is 0 Å². The summed E-state index contributed by atoms with van der Waals surface area (Å²) in [6.45, 7) is 8.30. The van der Waals surface area contributed by atoms with Gasteiger partial charge < -0.3 is 25.0 Å². The Balaban J connectivity index is 1.54. The van der Waals surface area contributed by atoms with Crippen molar-refractivity contribution in [2.45, 2.75) is 51.3 Å². The van der Waals surface area contributed by atoms with E-state index in [2.05, 4.69) is 45.5 Å². The summed E-state index contributed by atoms with van der Waals surface area (Å²) < 4.78 is 11.9. The van der Waals surface area contributed by atoms with Crippen molar-refractivity contribution >= 4 is 5.96 Å². The predicted molar refractivity (Wildman–Crippen MR) is 123 cm³/mol. The van der Waals surface area contributed by atoms with E-state index in [-0.39, 0.29) is 0 Å². The van der Waals surface area contributed by atoms with Gasteiger partial charge in [-0.05, 0) is 45.7 Å². The first kappa shape index (κ1) is 22.7. The lowest BCUT2D eigenvalue weighted by atomic mass is 10.1. The van der Waals surface area contributed by atoms with E-state index in [4.69, 9.17) is 9.47 Å². The van der Waals surface area contributed by atoms with Crippen molar-refractivity contribution < 1.29 is 9.47 Å². The largest absolute Gasteiger partial charge is 0.493 e. The van der Waals surface area contributed by atoms with E-state index in [0.717, 1.165) is 68.6 Å². The van der Waals surface area contributed by atoms with Gasteiger partial charge in [-0.25, -0.2) is 0 Å². The van der Waals surface area contributed by atoms with Crippen LogP contribution in [-0.2, 0) is 6.54 Å². The second-order valence-corrected chi connectivity index (χ2v) is 8.47. The van der Waals surface area contributed by atoms with Crippen LogP contribution in [0.3, 0.4) is 0 Å².